The summed E-state index contributed by atoms with van der Waals surface area (Å²) in [4.78, 5) is 0. The number of hydrogen-bond acceptors (Lipinski definition) is 2. The van der Waals surface area contributed by atoms with E-state index in [4.69, 9.17) is 4.74 Å². The molecule has 1 N–H and O–H groups in total. The maximum Gasteiger partial charge on any atom is 0.127 e. The van der Waals surface area contributed by atoms with Crippen LogP contribution < -0.4 is 10.1 Å². The summed E-state index contributed by atoms with van der Waals surface area (Å²) < 4.78 is 18.9. The minimum atomic E-state index is -0.168. The van der Waals surface area contributed by atoms with Crippen LogP contribution in [0, 0.1) is 5.82 Å². The molecule has 0 bridgehead atoms. The Morgan fingerprint density at radius 3 is 2.68 bits per heavy atom. The van der Waals surface area contributed by atoms with Crippen molar-refractivity contribution in [3.05, 3.63) is 65.5 Å². The Morgan fingerprint density at radius 1 is 1.05 bits per heavy atom. The van der Waals surface area contributed by atoms with Gasteiger partial charge in [0.15, 0.2) is 0 Å². The normalized spacial score (nSPS) is 10.4. The lowest BCUT2D eigenvalue weighted by Crippen LogP contribution is -2.13. The Morgan fingerprint density at radius 2 is 1.89 bits per heavy atom. The largest absolute Gasteiger partial charge is 0.494 e. The summed E-state index contributed by atoms with van der Waals surface area (Å²) in [5.41, 5.74) is 1.81. The Bertz CT molecular complexity index is 528. The van der Waals surface area contributed by atoms with E-state index in [0.29, 0.717) is 25.3 Å². The smallest absolute Gasteiger partial charge is 0.127 e. The van der Waals surface area contributed by atoms with E-state index in [-0.39, 0.29) is 5.82 Å². The summed E-state index contributed by atoms with van der Waals surface area (Å²) >= 11 is 0. The lowest BCUT2D eigenvalue weighted by Gasteiger charge is -2.08. The molecule has 0 aromatic heterocycles. The van der Waals surface area contributed by atoms with Crippen molar-refractivity contribution in [3.63, 3.8) is 0 Å². The van der Waals surface area contributed by atoms with Crippen LogP contribution in [0.2, 0.25) is 0 Å². The summed E-state index contributed by atoms with van der Waals surface area (Å²) in [6.45, 7) is 3.83. The Labute approximate surface area is 113 Å². The highest BCUT2D eigenvalue weighted by molar-refractivity contribution is 5.28. The topological polar surface area (TPSA) is 21.3 Å². The number of rotatable bonds is 6. The van der Waals surface area contributed by atoms with Crippen molar-refractivity contribution < 1.29 is 9.13 Å². The highest BCUT2D eigenvalue weighted by Crippen LogP contribution is 2.13. The highest BCUT2D eigenvalue weighted by atomic mass is 19.1. The van der Waals surface area contributed by atoms with E-state index in [1.54, 1.807) is 12.1 Å². The first-order valence-electron chi connectivity index (χ1n) is 6.45. The molecular formula is C16H18FNO. The van der Waals surface area contributed by atoms with Crippen LogP contribution >= 0.6 is 0 Å². The van der Waals surface area contributed by atoms with Crippen LogP contribution in [0.3, 0.4) is 0 Å². The van der Waals surface area contributed by atoms with Crippen molar-refractivity contribution in [1.29, 1.82) is 0 Å². The van der Waals surface area contributed by atoms with Gasteiger partial charge in [0.05, 0.1) is 6.61 Å². The van der Waals surface area contributed by atoms with Crippen LogP contribution in [0.25, 0.3) is 0 Å². The molecule has 0 spiro atoms. The van der Waals surface area contributed by atoms with E-state index < -0.39 is 0 Å². The molecule has 3 heteroatoms. The van der Waals surface area contributed by atoms with Gasteiger partial charge in [-0.1, -0.05) is 30.3 Å². The van der Waals surface area contributed by atoms with Crippen molar-refractivity contribution in [2.75, 3.05) is 6.61 Å². The second kappa shape index (κ2) is 6.90. The number of hydrogen-bond donors (Lipinski definition) is 1. The molecule has 0 atom stereocenters. The molecule has 0 amide bonds. The van der Waals surface area contributed by atoms with Gasteiger partial charge in [-0.05, 0) is 30.7 Å². The average Bonchev–Trinajstić information content (AvgIpc) is 2.42. The van der Waals surface area contributed by atoms with Crippen LogP contribution in [0.5, 0.6) is 5.75 Å². The van der Waals surface area contributed by atoms with E-state index in [1.807, 2.05) is 37.3 Å². The highest BCUT2D eigenvalue weighted by Gasteiger charge is 2.00. The fourth-order valence-corrected chi connectivity index (χ4v) is 1.90. The van der Waals surface area contributed by atoms with E-state index in [2.05, 4.69) is 5.32 Å². The van der Waals surface area contributed by atoms with E-state index >= 15 is 0 Å². The number of benzene rings is 2. The molecule has 0 aliphatic heterocycles. The minimum absolute atomic E-state index is 0.168. The number of halogens is 1. The van der Waals surface area contributed by atoms with Crippen molar-refractivity contribution in [2.24, 2.45) is 0 Å². The quantitative estimate of drug-likeness (QED) is 0.857. The average molecular weight is 259 g/mol. The van der Waals surface area contributed by atoms with E-state index in [1.165, 1.54) is 6.07 Å². The Hall–Kier alpha value is -1.87. The van der Waals surface area contributed by atoms with Gasteiger partial charge in [0, 0.05) is 18.7 Å². The number of ether oxygens (including phenoxy) is 1. The van der Waals surface area contributed by atoms with Gasteiger partial charge in [0.1, 0.15) is 11.6 Å². The lowest BCUT2D eigenvalue weighted by molar-refractivity contribution is 0.340. The summed E-state index contributed by atoms with van der Waals surface area (Å²) in [6, 6.07) is 14.7. The fraction of sp³-hybridized carbons (Fsp3) is 0.250. The predicted molar refractivity (Wildman–Crippen MR) is 74.6 cm³/mol. The van der Waals surface area contributed by atoms with Crippen LogP contribution in [-0.2, 0) is 13.1 Å². The molecule has 0 fully saturated rings. The third kappa shape index (κ3) is 4.07. The number of nitrogens with one attached hydrogen (secondary N) is 1. The van der Waals surface area contributed by atoms with Gasteiger partial charge < -0.3 is 10.1 Å². The van der Waals surface area contributed by atoms with Crippen molar-refractivity contribution in [3.8, 4) is 5.75 Å². The molecule has 2 nitrogen and oxygen atoms in total. The van der Waals surface area contributed by atoms with Crippen LogP contribution in [-0.4, -0.2) is 6.61 Å². The summed E-state index contributed by atoms with van der Waals surface area (Å²) in [5.74, 6) is 0.700. The van der Waals surface area contributed by atoms with E-state index in [0.717, 1.165) is 11.3 Å². The zero-order valence-electron chi connectivity index (χ0n) is 11.0. The van der Waals surface area contributed by atoms with Gasteiger partial charge >= 0.3 is 0 Å². The zero-order valence-corrected chi connectivity index (χ0v) is 11.0. The predicted octanol–water partition coefficient (Wildman–Crippen LogP) is 3.51. The first-order valence-corrected chi connectivity index (χ1v) is 6.45. The third-order valence-corrected chi connectivity index (χ3v) is 2.81. The Kier molecular flexibility index (Phi) is 4.93. The second-order valence-electron chi connectivity index (χ2n) is 4.28. The van der Waals surface area contributed by atoms with Crippen LogP contribution in [0.15, 0.2) is 48.5 Å². The van der Waals surface area contributed by atoms with Crippen LogP contribution in [0.1, 0.15) is 18.1 Å². The summed E-state index contributed by atoms with van der Waals surface area (Å²) in [7, 11) is 0. The SMILES string of the molecule is CCOc1cccc(CNCc2ccccc2F)c1. The first-order chi connectivity index (χ1) is 9.29. The molecule has 0 radical (unpaired) electrons. The third-order valence-electron chi connectivity index (χ3n) is 2.81. The molecule has 0 unspecified atom stereocenters. The van der Waals surface area contributed by atoms with Gasteiger partial charge in [0.25, 0.3) is 0 Å². The molecule has 2 aromatic rings. The lowest BCUT2D eigenvalue weighted by atomic mass is 10.2. The molecular weight excluding hydrogens is 241 g/mol. The van der Waals surface area contributed by atoms with Gasteiger partial charge in [-0.25, -0.2) is 4.39 Å². The van der Waals surface area contributed by atoms with Gasteiger partial charge in [-0.3, -0.25) is 0 Å². The van der Waals surface area contributed by atoms with Crippen molar-refractivity contribution >= 4 is 0 Å². The molecule has 0 saturated carbocycles. The van der Waals surface area contributed by atoms with Crippen molar-refractivity contribution in [1.82, 2.24) is 5.32 Å². The van der Waals surface area contributed by atoms with Gasteiger partial charge in [-0.2, -0.15) is 0 Å². The zero-order chi connectivity index (χ0) is 13.5. The van der Waals surface area contributed by atoms with Gasteiger partial charge in [0.2, 0.25) is 0 Å². The van der Waals surface area contributed by atoms with Crippen LogP contribution in [0.4, 0.5) is 4.39 Å². The summed E-state index contributed by atoms with van der Waals surface area (Å²) in [5, 5.41) is 3.23. The Balaban J connectivity index is 1.89. The maximum atomic E-state index is 13.4. The maximum absolute atomic E-state index is 13.4. The van der Waals surface area contributed by atoms with Crippen molar-refractivity contribution in [2.45, 2.75) is 20.0 Å². The van der Waals surface area contributed by atoms with Gasteiger partial charge in [-0.15, -0.1) is 0 Å². The molecule has 0 aliphatic rings. The molecule has 0 aliphatic carbocycles. The first kappa shape index (κ1) is 13.6. The monoisotopic (exact) mass is 259 g/mol. The van der Waals surface area contributed by atoms with E-state index in [9.17, 15) is 4.39 Å². The standard InChI is InChI=1S/C16H18FNO/c1-2-19-15-8-5-6-13(10-15)11-18-12-14-7-3-4-9-16(14)17/h3-10,18H,2,11-12H2,1H3. The molecule has 0 saturated heterocycles. The minimum Gasteiger partial charge on any atom is -0.494 e. The second-order valence-corrected chi connectivity index (χ2v) is 4.28. The molecule has 2 aromatic carbocycles. The molecule has 19 heavy (non-hydrogen) atoms. The fourth-order valence-electron chi connectivity index (χ4n) is 1.90. The summed E-state index contributed by atoms with van der Waals surface area (Å²) in [6.07, 6.45) is 0. The molecule has 0 heterocycles. The molecule has 2 rings (SSSR count). The molecule has 100 valence electrons.